The molecule has 1 unspecified atom stereocenters. The van der Waals surface area contributed by atoms with Crippen LogP contribution in [-0.4, -0.2) is 28.6 Å². The number of hydrogen-bond donors (Lipinski definition) is 1. The summed E-state index contributed by atoms with van der Waals surface area (Å²) >= 11 is 0. The second kappa shape index (κ2) is 2.73. The molecule has 0 aromatic rings. The first-order chi connectivity index (χ1) is 6.27. The van der Waals surface area contributed by atoms with Crippen LogP contribution in [0.15, 0.2) is 0 Å². The molecule has 1 saturated carbocycles. The van der Waals surface area contributed by atoms with E-state index in [9.17, 15) is 0 Å². The van der Waals surface area contributed by atoms with E-state index in [2.05, 4.69) is 39.5 Å². The molecule has 0 amide bonds. The number of nitrogens with zero attached hydrogens (tertiary/aromatic N) is 1. The summed E-state index contributed by atoms with van der Waals surface area (Å²) in [5.74, 6) is 1.45. The third-order valence-corrected chi connectivity index (χ3v) is 4.00. The lowest BCUT2D eigenvalue weighted by atomic mass is 9.91. The molecule has 1 aliphatic heterocycles. The Morgan fingerprint density at radius 2 is 1.93 bits per heavy atom. The number of piperidine rings is 1. The van der Waals surface area contributed by atoms with E-state index in [-0.39, 0.29) is 11.1 Å². The van der Waals surface area contributed by atoms with E-state index in [0.717, 1.165) is 5.92 Å². The van der Waals surface area contributed by atoms with E-state index in [4.69, 9.17) is 5.73 Å². The molecule has 82 valence electrons. The molecule has 2 N–H and O–H groups in total. The van der Waals surface area contributed by atoms with Gasteiger partial charge in [-0.25, -0.2) is 0 Å². The van der Waals surface area contributed by atoms with Crippen LogP contribution in [0.3, 0.4) is 0 Å². The minimum Gasteiger partial charge on any atom is -0.323 e. The molecule has 2 fully saturated rings. The SMILES string of the molecule is CC(C)C1N(C(C)(C)C)C[C@H]2C[C@@]12N. The van der Waals surface area contributed by atoms with Crippen LogP contribution < -0.4 is 5.73 Å². The second-order valence-electron chi connectivity index (χ2n) is 6.53. The summed E-state index contributed by atoms with van der Waals surface area (Å²) in [5, 5.41) is 0. The molecular formula is C12H24N2. The monoisotopic (exact) mass is 196 g/mol. The van der Waals surface area contributed by atoms with Gasteiger partial charge in [-0.05, 0) is 39.0 Å². The average Bonchev–Trinajstić information content (AvgIpc) is 2.50. The van der Waals surface area contributed by atoms with E-state index in [1.165, 1.54) is 13.0 Å². The highest BCUT2D eigenvalue weighted by atomic mass is 15.3. The van der Waals surface area contributed by atoms with Crippen molar-refractivity contribution >= 4 is 0 Å². The van der Waals surface area contributed by atoms with Gasteiger partial charge in [-0.15, -0.1) is 0 Å². The lowest BCUT2D eigenvalue weighted by Gasteiger charge is -2.42. The average molecular weight is 196 g/mol. The summed E-state index contributed by atoms with van der Waals surface area (Å²) in [6.07, 6.45) is 1.25. The van der Waals surface area contributed by atoms with Crippen molar-refractivity contribution < 1.29 is 0 Å². The maximum Gasteiger partial charge on any atom is 0.0360 e. The molecule has 0 spiro atoms. The minimum absolute atomic E-state index is 0.154. The van der Waals surface area contributed by atoms with Crippen LogP contribution in [0.25, 0.3) is 0 Å². The fourth-order valence-corrected chi connectivity index (χ4v) is 3.28. The summed E-state index contributed by atoms with van der Waals surface area (Å²) in [7, 11) is 0. The van der Waals surface area contributed by atoms with E-state index in [0.29, 0.717) is 12.0 Å². The predicted molar refractivity (Wildman–Crippen MR) is 60.1 cm³/mol. The normalized spacial score (nSPS) is 43.1. The zero-order valence-corrected chi connectivity index (χ0v) is 10.2. The molecule has 0 aromatic carbocycles. The topological polar surface area (TPSA) is 29.3 Å². The van der Waals surface area contributed by atoms with Crippen molar-refractivity contribution in [1.82, 2.24) is 4.90 Å². The summed E-state index contributed by atoms with van der Waals surface area (Å²) in [6, 6.07) is 0.590. The Balaban J connectivity index is 2.22. The molecule has 14 heavy (non-hydrogen) atoms. The van der Waals surface area contributed by atoms with Crippen molar-refractivity contribution in [2.45, 2.75) is 58.2 Å². The first kappa shape index (κ1) is 10.4. The number of rotatable bonds is 1. The number of nitrogens with two attached hydrogens (primary N) is 1. The Morgan fingerprint density at radius 3 is 2.29 bits per heavy atom. The largest absolute Gasteiger partial charge is 0.323 e. The van der Waals surface area contributed by atoms with Gasteiger partial charge in [0.1, 0.15) is 0 Å². The van der Waals surface area contributed by atoms with Crippen molar-refractivity contribution in [3.63, 3.8) is 0 Å². The Morgan fingerprint density at radius 1 is 1.36 bits per heavy atom. The lowest BCUT2D eigenvalue weighted by molar-refractivity contribution is 0.0684. The summed E-state index contributed by atoms with van der Waals surface area (Å²) in [6.45, 7) is 12.7. The van der Waals surface area contributed by atoms with Gasteiger partial charge in [0, 0.05) is 23.7 Å². The highest BCUT2D eigenvalue weighted by molar-refractivity contribution is 5.23. The molecule has 0 bridgehead atoms. The van der Waals surface area contributed by atoms with Crippen LogP contribution in [0, 0.1) is 11.8 Å². The second-order valence-corrected chi connectivity index (χ2v) is 6.53. The quantitative estimate of drug-likeness (QED) is 0.693. The van der Waals surface area contributed by atoms with Crippen molar-refractivity contribution in [2.24, 2.45) is 17.6 Å². The first-order valence-electron chi connectivity index (χ1n) is 5.82. The Hall–Kier alpha value is -0.0800. The molecule has 3 atom stereocenters. The lowest BCUT2D eigenvalue weighted by Crippen LogP contribution is -2.54. The van der Waals surface area contributed by atoms with Gasteiger partial charge in [-0.1, -0.05) is 13.8 Å². The molecular weight excluding hydrogens is 172 g/mol. The zero-order chi connectivity index (χ0) is 10.7. The number of likely N-dealkylation sites (tertiary alicyclic amines) is 1. The fourth-order valence-electron chi connectivity index (χ4n) is 3.28. The van der Waals surface area contributed by atoms with Crippen LogP contribution in [0.5, 0.6) is 0 Å². The fraction of sp³-hybridized carbons (Fsp3) is 1.00. The summed E-state index contributed by atoms with van der Waals surface area (Å²) in [4.78, 5) is 2.62. The van der Waals surface area contributed by atoms with Gasteiger partial charge in [-0.2, -0.15) is 0 Å². The highest BCUT2D eigenvalue weighted by Crippen LogP contribution is 2.55. The van der Waals surface area contributed by atoms with Gasteiger partial charge in [0.15, 0.2) is 0 Å². The predicted octanol–water partition coefficient (Wildman–Crippen LogP) is 1.84. The summed E-state index contributed by atoms with van der Waals surface area (Å²) < 4.78 is 0. The third-order valence-electron chi connectivity index (χ3n) is 4.00. The number of hydrogen-bond acceptors (Lipinski definition) is 2. The van der Waals surface area contributed by atoms with E-state index in [1.807, 2.05) is 0 Å². The van der Waals surface area contributed by atoms with Gasteiger partial charge >= 0.3 is 0 Å². The van der Waals surface area contributed by atoms with Crippen molar-refractivity contribution in [1.29, 1.82) is 0 Å². The van der Waals surface area contributed by atoms with Gasteiger partial charge in [0.2, 0.25) is 0 Å². The number of fused-ring (bicyclic) bond motifs is 1. The van der Waals surface area contributed by atoms with Crippen LogP contribution in [0.1, 0.15) is 41.0 Å². The molecule has 1 saturated heterocycles. The molecule has 2 aliphatic rings. The minimum atomic E-state index is 0.154. The van der Waals surface area contributed by atoms with Crippen molar-refractivity contribution in [2.75, 3.05) is 6.54 Å². The molecule has 2 rings (SSSR count). The summed E-state index contributed by atoms with van der Waals surface area (Å²) in [5.41, 5.74) is 6.87. The van der Waals surface area contributed by atoms with E-state index < -0.39 is 0 Å². The van der Waals surface area contributed by atoms with Crippen LogP contribution >= 0.6 is 0 Å². The molecule has 0 aromatic heterocycles. The van der Waals surface area contributed by atoms with Crippen molar-refractivity contribution in [3.8, 4) is 0 Å². The van der Waals surface area contributed by atoms with E-state index in [1.54, 1.807) is 0 Å². The molecule has 1 aliphatic carbocycles. The standard InChI is InChI=1S/C12H24N2/c1-8(2)10-12(13)6-9(12)7-14(10)11(3,4)5/h8-10H,6-7,13H2,1-5H3/t9-,10?,12+/m1/s1. The van der Waals surface area contributed by atoms with Crippen LogP contribution in [-0.2, 0) is 0 Å². The van der Waals surface area contributed by atoms with Gasteiger partial charge in [0.05, 0.1) is 0 Å². The Kier molecular flexibility index (Phi) is 2.04. The smallest absolute Gasteiger partial charge is 0.0360 e. The van der Waals surface area contributed by atoms with Crippen LogP contribution in [0.2, 0.25) is 0 Å². The van der Waals surface area contributed by atoms with Gasteiger partial charge in [0.25, 0.3) is 0 Å². The van der Waals surface area contributed by atoms with Crippen LogP contribution in [0.4, 0.5) is 0 Å². The zero-order valence-electron chi connectivity index (χ0n) is 10.2. The van der Waals surface area contributed by atoms with Gasteiger partial charge in [-0.3, -0.25) is 4.90 Å². The molecule has 2 heteroatoms. The Labute approximate surface area is 87.8 Å². The van der Waals surface area contributed by atoms with Gasteiger partial charge < -0.3 is 5.73 Å². The molecule has 0 radical (unpaired) electrons. The Bertz CT molecular complexity index is 241. The maximum atomic E-state index is 6.44. The maximum absolute atomic E-state index is 6.44. The first-order valence-corrected chi connectivity index (χ1v) is 5.82. The molecule has 2 nitrogen and oxygen atoms in total. The van der Waals surface area contributed by atoms with Crippen molar-refractivity contribution in [3.05, 3.63) is 0 Å². The molecule has 1 heterocycles. The highest BCUT2D eigenvalue weighted by Gasteiger charge is 2.65. The third kappa shape index (κ3) is 1.31. The van der Waals surface area contributed by atoms with E-state index >= 15 is 0 Å².